The van der Waals surface area contributed by atoms with Gasteiger partial charge in [0.1, 0.15) is 29.5 Å². The Morgan fingerprint density at radius 1 is 1.13 bits per heavy atom. The number of pyridine rings is 1. The molecule has 1 aromatic carbocycles. The van der Waals surface area contributed by atoms with Gasteiger partial charge in [-0.3, -0.25) is 19.1 Å². The van der Waals surface area contributed by atoms with E-state index in [-0.39, 0.29) is 43.0 Å². The summed E-state index contributed by atoms with van der Waals surface area (Å²) in [5.41, 5.74) is -1.56. The summed E-state index contributed by atoms with van der Waals surface area (Å²) >= 11 is 0. The van der Waals surface area contributed by atoms with Crippen molar-refractivity contribution in [2.45, 2.75) is 101 Å². The summed E-state index contributed by atoms with van der Waals surface area (Å²) in [7, 11) is -0.992. The summed E-state index contributed by atoms with van der Waals surface area (Å²) in [5, 5.41) is 16.5. The van der Waals surface area contributed by atoms with E-state index in [1.54, 1.807) is 38.3 Å². The molecule has 4 aliphatic rings. The molecule has 4 N–H and O–H groups in total. The number of nitrogens with zero attached hydrogens (tertiary/aromatic N) is 2. The van der Waals surface area contributed by atoms with Crippen LogP contribution in [0, 0.1) is 17.8 Å². The maximum atomic E-state index is 14.6. The number of benzene rings is 1. The zero-order valence-corrected chi connectivity index (χ0v) is 31.5. The van der Waals surface area contributed by atoms with Gasteiger partial charge in [0.2, 0.25) is 33.6 Å². The first-order chi connectivity index (χ1) is 25.1. The molecule has 2 aromatic rings. The molecule has 53 heavy (non-hydrogen) atoms. The zero-order valence-electron chi connectivity index (χ0n) is 30.7. The molecule has 7 atom stereocenters. The van der Waals surface area contributed by atoms with Crippen molar-refractivity contribution in [2.24, 2.45) is 17.8 Å². The summed E-state index contributed by atoms with van der Waals surface area (Å²) in [6.45, 7) is 5.43. The average molecular weight is 756 g/mol. The van der Waals surface area contributed by atoms with Crippen LogP contribution in [0.1, 0.15) is 72.1 Å². The lowest BCUT2D eigenvalue weighted by molar-refractivity contribution is -0.142. The van der Waals surface area contributed by atoms with Crippen molar-refractivity contribution < 1.29 is 46.9 Å². The molecule has 4 amide bonds. The summed E-state index contributed by atoms with van der Waals surface area (Å²) in [6, 6.07) is 4.71. The van der Waals surface area contributed by atoms with Gasteiger partial charge in [-0.15, -0.1) is 0 Å². The van der Waals surface area contributed by atoms with Crippen molar-refractivity contribution in [2.75, 3.05) is 20.8 Å². The summed E-state index contributed by atoms with van der Waals surface area (Å²) in [5.74, 6) is -1.74. The molecule has 0 bridgehead atoms. The predicted octanol–water partition coefficient (Wildman–Crippen LogP) is 3.51. The van der Waals surface area contributed by atoms with E-state index in [9.17, 15) is 32.7 Å². The van der Waals surface area contributed by atoms with Crippen LogP contribution in [-0.2, 0) is 24.4 Å². The standard InChI is InChI=1S/C37H49N5O10S/c1-6-22-15-21(2)9-7-8-10-24-19-37(24,34(45)41-53(48,49)36(3)13-14-36)40-31(43)28-18-26(20-42(28)33(44)30(22)39-35(46)47)52-32-27-12-11-25(50-4)16-23(27)17-29(38-32)51-5/h8,10-12,16-17,21-22,24,26,28,30,39H,6-7,9,13-15,18-20H2,1-5H3,(H,40,43)(H,41,45)(H,46,47)/b10-8-/t21-,22+,24+,26+,28-,30-,37+/m0/s1. The van der Waals surface area contributed by atoms with Crippen LogP contribution in [0.5, 0.6) is 17.5 Å². The van der Waals surface area contributed by atoms with Gasteiger partial charge in [0.15, 0.2) is 0 Å². The number of rotatable bonds is 9. The minimum absolute atomic E-state index is 0.0182. The number of sulfonamides is 1. The number of aromatic nitrogens is 1. The van der Waals surface area contributed by atoms with Crippen molar-refractivity contribution in [3.63, 3.8) is 0 Å². The van der Waals surface area contributed by atoms with Crippen LogP contribution in [-0.4, -0.2) is 96.5 Å². The van der Waals surface area contributed by atoms with Gasteiger partial charge in [0.25, 0.3) is 5.91 Å². The predicted molar refractivity (Wildman–Crippen MR) is 194 cm³/mol. The number of nitrogens with one attached hydrogen (secondary N) is 3. The highest BCUT2D eigenvalue weighted by Crippen LogP contribution is 2.47. The highest BCUT2D eigenvalue weighted by Gasteiger charge is 2.63. The summed E-state index contributed by atoms with van der Waals surface area (Å²) in [6.07, 6.45) is 5.08. The molecule has 2 aliphatic carbocycles. The van der Waals surface area contributed by atoms with Crippen LogP contribution >= 0.6 is 0 Å². The topological polar surface area (TPSA) is 203 Å². The van der Waals surface area contributed by atoms with E-state index in [1.165, 1.54) is 12.0 Å². The van der Waals surface area contributed by atoms with E-state index < -0.39 is 68.2 Å². The van der Waals surface area contributed by atoms with Crippen molar-refractivity contribution in [1.82, 2.24) is 25.2 Å². The first kappa shape index (κ1) is 38.1. The third-order valence-electron chi connectivity index (χ3n) is 11.4. The number of fused-ring (bicyclic) bond motifs is 3. The molecule has 1 aromatic heterocycles. The van der Waals surface area contributed by atoms with E-state index in [4.69, 9.17) is 14.2 Å². The fourth-order valence-corrected chi connectivity index (χ4v) is 8.92. The molecule has 3 fully saturated rings. The smallest absolute Gasteiger partial charge is 0.405 e. The van der Waals surface area contributed by atoms with Crippen molar-refractivity contribution in [3.05, 3.63) is 36.4 Å². The number of amides is 4. The van der Waals surface area contributed by atoms with Gasteiger partial charge in [-0.05, 0) is 80.9 Å². The molecule has 3 heterocycles. The molecule has 15 nitrogen and oxygen atoms in total. The normalized spacial score (nSPS) is 30.4. The third-order valence-corrected chi connectivity index (χ3v) is 13.5. The van der Waals surface area contributed by atoms with Crippen LogP contribution in [0.3, 0.4) is 0 Å². The van der Waals surface area contributed by atoms with E-state index >= 15 is 0 Å². The molecule has 0 unspecified atom stereocenters. The van der Waals surface area contributed by atoms with Crippen molar-refractivity contribution >= 4 is 44.6 Å². The molecule has 1 saturated heterocycles. The Morgan fingerprint density at radius 3 is 2.55 bits per heavy atom. The van der Waals surface area contributed by atoms with Gasteiger partial charge < -0.3 is 34.9 Å². The van der Waals surface area contributed by atoms with Crippen molar-refractivity contribution in [1.29, 1.82) is 0 Å². The average Bonchev–Trinajstić information content (AvgIpc) is 4.00. The molecule has 2 saturated carbocycles. The van der Waals surface area contributed by atoms with Crippen LogP contribution < -0.4 is 29.6 Å². The Balaban J connectivity index is 1.36. The Morgan fingerprint density at radius 2 is 1.89 bits per heavy atom. The zero-order chi connectivity index (χ0) is 38.3. The highest BCUT2D eigenvalue weighted by atomic mass is 32.2. The number of methoxy groups -OCH3 is 2. The largest absolute Gasteiger partial charge is 0.497 e. The molecule has 6 rings (SSSR count). The van der Waals surface area contributed by atoms with E-state index in [0.29, 0.717) is 48.6 Å². The van der Waals surface area contributed by atoms with Gasteiger partial charge >= 0.3 is 6.09 Å². The Bertz CT molecular complexity index is 1910. The van der Waals surface area contributed by atoms with Crippen LogP contribution in [0.4, 0.5) is 4.79 Å². The monoisotopic (exact) mass is 755 g/mol. The second-order valence-corrected chi connectivity index (χ2v) is 17.3. The fraction of sp³-hybridized carbons (Fsp3) is 0.595. The van der Waals surface area contributed by atoms with Crippen molar-refractivity contribution in [3.8, 4) is 17.5 Å². The molecule has 288 valence electrons. The van der Waals surface area contributed by atoms with Gasteiger partial charge in [-0.2, -0.15) is 4.98 Å². The maximum Gasteiger partial charge on any atom is 0.405 e. The fourth-order valence-electron chi connectivity index (χ4n) is 7.61. The molecule has 0 spiro atoms. The first-order valence-corrected chi connectivity index (χ1v) is 19.7. The third kappa shape index (κ3) is 7.73. The Hall–Kier alpha value is -4.60. The van der Waals surface area contributed by atoms with Gasteiger partial charge in [0.05, 0.1) is 25.5 Å². The quantitative estimate of drug-likeness (QED) is 0.273. The maximum absolute atomic E-state index is 14.6. The number of carboxylic acid groups (broad SMARTS) is 1. The lowest BCUT2D eigenvalue weighted by Gasteiger charge is -2.33. The van der Waals surface area contributed by atoms with Crippen LogP contribution in [0.25, 0.3) is 10.8 Å². The van der Waals surface area contributed by atoms with Gasteiger partial charge in [0, 0.05) is 23.8 Å². The number of carbonyl (C=O) groups is 4. The number of ether oxygens (including phenoxy) is 3. The molecular weight excluding hydrogens is 706 g/mol. The molecule has 0 radical (unpaired) electrons. The minimum Gasteiger partial charge on any atom is -0.497 e. The number of hydrogen-bond acceptors (Lipinski definition) is 10. The van der Waals surface area contributed by atoms with E-state index in [0.717, 1.165) is 6.42 Å². The second kappa shape index (κ2) is 14.7. The van der Waals surface area contributed by atoms with Gasteiger partial charge in [-0.1, -0.05) is 32.4 Å². The summed E-state index contributed by atoms with van der Waals surface area (Å²) in [4.78, 5) is 60.8. The van der Waals surface area contributed by atoms with Crippen LogP contribution in [0.15, 0.2) is 36.4 Å². The molecule has 2 aliphatic heterocycles. The minimum atomic E-state index is -4.01. The summed E-state index contributed by atoms with van der Waals surface area (Å²) < 4.78 is 44.7. The molecule has 16 heteroatoms. The van der Waals surface area contributed by atoms with Gasteiger partial charge in [-0.25, -0.2) is 13.2 Å². The number of hydrogen-bond donors (Lipinski definition) is 4. The lowest BCUT2D eigenvalue weighted by Crippen LogP contribution is -2.59. The lowest BCUT2D eigenvalue weighted by atomic mass is 9.85. The van der Waals surface area contributed by atoms with E-state index in [1.807, 2.05) is 26.0 Å². The SMILES string of the molecule is CC[C@@H]1C[C@@H](C)CC/C=C\[C@@H]2C[C@@]2(C(=O)NS(=O)(=O)C2(C)CC2)NC(=O)[C@@H]2C[C@@H](Oc3nc(OC)cc4cc(OC)ccc34)CN2C(=O)[C@H]1NC(=O)O. The first-order valence-electron chi connectivity index (χ1n) is 18.2. The number of allylic oxidation sites excluding steroid dienone is 1. The molecular formula is C37H49N5O10S. The second-order valence-electron chi connectivity index (χ2n) is 15.1. The van der Waals surface area contributed by atoms with Crippen LogP contribution in [0.2, 0.25) is 0 Å². The Kier molecular flexibility index (Phi) is 10.6. The van der Waals surface area contributed by atoms with E-state index in [2.05, 4.69) is 20.3 Å². The number of carbonyl (C=O) groups excluding carboxylic acids is 3. The Labute approximate surface area is 309 Å². The highest BCUT2D eigenvalue weighted by molar-refractivity contribution is 7.91.